The van der Waals surface area contributed by atoms with Crippen LogP contribution in [0.4, 0.5) is 5.82 Å². The average Bonchev–Trinajstić information content (AvgIpc) is 2.33. The number of hydrogen-bond acceptors (Lipinski definition) is 5. The van der Waals surface area contributed by atoms with Crippen LogP contribution < -0.4 is 10.5 Å². The molecule has 1 aromatic heterocycles. The molecule has 6 nitrogen and oxygen atoms in total. The number of nitrogens with one attached hydrogen (secondary N) is 1. The Kier molecular flexibility index (Phi) is 5.28. The van der Waals surface area contributed by atoms with Crippen LogP contribution in [0, 0.1) is 5.41 Å². The molecule has 0 fully saturated rings. The summed E-state index contributed by atoms with van der Waals surface area (Å²) in [6, 6.07) is 2.98. The average molecular weight is 287 g/mol. The Balaban J connectivity index is 2.79. The van der Waals surface area contributed by atoms with Gasteiger partial charge in [0.15, 0.2) is 0 Å². The third-order valence-corrected chi connectivity index (χ3v) is 3.74. The summed E-state index contributed by atoms with van der Waals surface area (Å²) in [5.74, 6) is 0.287. The quantitative estimate of drug-likeness (QED) is 0.786. The largest absolute Gasteiger partial charge is 0.385 e. The highest BCUT2D eigenvalue weighted by Gasteiger charge is 2.20. The molecule has 1 rings (SSSR count). The van der Waals surface area contributed by atoms with Gasteiger partial charge in [0, 0.05) is 26.5 Å². The van der Waals surface area contributed by atoms with Crippen LogP contribution in [0.2, 0.25) is 0 Å². The Bertz CT molecular complexity index is 515. The second-order valence-electron chi connectivity index (χ2n) is 5.16. The van der Waals surface area contributed by atoms with Crippen LogP contribution in [-0.2, 0) is 14.8 Å². The van der Waals surface area contributed by atoms with E-state index < -0.39 is 10.0 Å². The van der Waals surface area contributed by atoms with Gasteiger partial charge in [-0.3, -0.25) is 0 Å². The second kappa shape index (κ2) is 6.31. The maximum absolute atomic E-state index is 11.4. The molecule has 19 heavy (non-hydrogen) atoms. The standard InChI is InChI=1S/C12H21N3O3S/c1-12(2,6-8-18-3)9-15-11-10(19(13,16)17)5-4-7-14-11/h4-5,7H,6,8-9H2,1-3H3,(H,14,15)(H2,13,16,17). The molecule has 0 aromatic carbocycles. The predicted octanol–water partition coefficient (Wildman–Crippen LogP) is 1.20. The molecule has 0 spiro atoms. The number of pyridine rings is 1. The number of hydrogen-bond donors (Lipinski definition) is 2. The van der Waals surface area contributed by atoms with E-state index >= 15 is 0 Å². The molecule has 0 saturated carbocycles. The van der Waals surface area contributed by atoms with Crippen LogP contribution in [0.5, 0.6) is 0 Å². The van der Waals surface area contributed by atoms with E-state index in [-0.39, 0.29) is 16.1 Å². The lowest BCUT2D eigenvalue weighted by molar-refractivity contribution is 0.157. The highest BCUT2D eigenvalue weighted by atomic mass is 32.2. The van der Waals surface area contributed by atoms with Crippen molar-refractivity contribution in [2.45, 2.75) is 25.2 Å². The van der Waals surface area contributed by atoms with Crippen LogP contribution in [0.25, 0.3) is 0 Å². The van der Waals surface area contributed by atoms with Crippen molar-refractivity contribution in [2.24, 2.45) is 10.6 Å². The first-order valence-electron chi connectivity index (χ1n) is 5.97. The molecule has 0 radical (unpaired) electrons. The Morgan fingerprint density at radius 1 is 1.47 bits per heavy atom. The number of aromatic nitrogens is 1. The van der Waals surface area contributed by atoms with Crippen molar-refractivity contribution in [3.63, 3.8) is 0 Å². The summed E-state index contributed by atoms with van der Waals surface area (Å²) in [4.78, 5) is 4.04. The van der Waals surface area contributed by atoms with Gasteiger partial charge in [-0.1, -0.05) is 13.8 Å². The zero-order valence-electron chi connectivity index (χ0n) is 11.5. The number of methoxy groups -OCH3 is 1. The van der Waals surface area contributed by atoms with E-state index in [1.807, 2.05) is 0 Å². The minimum absolute atomic E-state index is 0.0116. The molecule has 0 saturated heterocycles. The van der Waals surface area contributed by atoms with Gasteiger partial charge in [0.2, 0.25) is 10.0 Å². The summed E-state index contributed by atoms with van der Waals surface area (Å²) in [6.45, 7) is 5.37. The number of rotatable bonds is 7. The van der Waals surface area contributed by atoms with E-state index in [0.29, 0.717) is 13.2 Å². The van der Waals surface area contributed by atoms with Crippen LogP contribution in [0.15, 0.2) is 23.2 Å². The minimum atomic E-state index is -3.77. The molecule has 0 aliphatic rings. The van der Waals surface area contributed by atoms with Gasteiger partial charge < -0.3 is 10.1 Å². The van der Waals surface area contributed by atoms with Gasteiger partial charge in [-0.15, -0.1) is 0 Å². The third-order valence-electron chi connectivity index (χ3n) is 2.79. The molecule has 1 heterocycles. The zero-order valence-corrected chi connectivity index (χ0v) is 12.3. The molecular weight excluding hydrogens is 266 g/mol. The lowest BCUT2D eigenvalue weighted by Gasteiger charge is -2.25. The number of nitrogens with zero attached hydrogens (tertiary/aromatic N) is 1. The Morgan fingerprint density at radius 3 is 2.74 bits per heavy atom. The van der Waals surface area contributed by atoms with Crippen LogP contribution in [0.3, 0.4) is 0 Å². The van der Waals surface area contributed by atoms with Crippen molar-refractivity contribution < 1.29 is 13.2 Å². The summed E-state index contributed by atoms with van der Waals surface area (Å²) in [6.07, 6.45) is 2.38. The van der Waals surface area contributed by atoms with Crippen LogP contribution in [0.1, 0.15) is 20.3 Å². The molecule has 0 unspecified atom stereocenters. The van der Waals surface area contributed by atoms with Gasteiger partial charge in [0.05, 0.1) is 0 Å². The number of primary sulfonamides is 1. The predicted molar refractivity (Wildman–Crippen MR) is 74.4 cm³/mol. The maximum atomic E-state index is 11.4. The van der Waals surface area contributed by atoms with Crippen molar-refractivity contribution in [3.8, 4) is 0 Å². The first kappa shape index (κ1) is 15.9. The molecule has 0 aliphatic heterocycles. The van der Waals surface area contributed by atoms with Gasteiger partial charge >= 0.3 is 0 Å². The SMILES string of the molecule is COCCC(C)(C)CNc1ncccc1S(N)(=O)=O. The highest BCUT2D eigenvalue weighted by Crippen LogP contribution is 2.23. The Hall–Kier alpha value is -1.18. The molecule has 0 atom stereocenters. The summed E-state index contributed by atoms with van der Waals surface area (Å²) in [5, 5.41) is 8.19. The molecule has 0 amide bonds. The lowest BCUT2D eigenvalue weighted by atomic mass is 9.90. The smallest absolute Gasteiger partial charge is 0.241 e. The number of anilines is 1. The number of ether oxygens (including phenoxy) is 1. The molecule has 108 valence electrons. The highest BCUT2D eigenvalue weighted by molar-refractivity contribution is 7.89. The van der Waals surface area contributed by atoms with E-state index in [0.717, 1.165) is 6.42 Å². The first-order chi connectivity index (χ1) is 8.76. The van der Waals surface area contributed by atoms with Gasteiger partial charge in [0.25, 0.3) is 0 Å². The topological polar surface area (TPSA) is 94.3 Å². The molecule has 7 heteroatoms. The van der Waals surface area contributed by atoms with E-state index in [9.17, 15) is 8.42 Å². The Morgan fingerprint density at radius 2 is 2.16 bits per heavy atom. The first-order valence-corrected chi connectivity index (χ1v) is 7.51. The summed E-state index contributed by atoms with van der Waals surface area (Å²) in [5.41, 5.74) is -0.0385. The van der Waals surface area contributed by atoms with Crippen molar-refractivity contribution in [2.75, 3.05) is 25.6 Å². The van der Waals surface area contributed by atoms with E-state index in [1.54, 1.807) is 13.2 Å². The van der Waals surface area contributed by atoms with Crippen LogP contribution >= 0.6 is 0 Å². The summed E-state index contributed by atoms with van der Waals surface area (Å²) in [7, 11) is -2.11. The third kappa shape index (κ3) is 5.14. The summed E-state index contributed by atoms with van der Waals surface area (Å²) >= 11 is 0. The minimum Gasteiger partial charge on any atom is -0.385 e. The van der Waals surface area contributed by atoms with E-state index in [4.69, 9.17) is 9.88 Å². The fourth-order valence-electron chi connectivity index (χ4n) is 1.54. The van der Waals surface area contributed by atoms with Gasteiger partial charge in [0.1, 0.15) is 10.7 Å². The fourth-order valence-corrected chi connectivity index (χ4v) is 2.21. The Labute approximate surface area is 114 Å². The molecule has 0 bridgehead atoms. The van der Waals surface area contributed by atoms with E-state index in [2.05, 4.69) is 24.1 Å². The second-order valence-corrected chi connectivity index (χ2v) is 6.69. The lowest BCUT2D eigenvalue weighted by Crippen LogP contribution is -2.26. The number of sulfonamides is 1. The molecule has 1 aromatic rings. The van der Waals surface area contributed by atoms with Crippen LogP contribution in [-0.4, -0.2) is 33.7 Å². The van der Waals surface area contributed by atoms with Crippen molar-refractivity contribution in [1.29, 1.82) is 0 Å². The normalized spacial score (nSPS) is 12.4. The van der Waals surface area contributed by atoms with Gasteiger partial charge in [-0.25, -0.2) is 18.5 Å². The van der Waals surface area contributed by atoms with Crippen molar-refractivity contribution in [3.05, 3.63) is 18.3 Å². The molecular formula is C12H21N3O3S. The summed E-state index contributed by atoms with van der Waals surface area (Å²) < 4.78 is 27.9. The van der Waals surface area contributed by atoms with Crippen molar-refractivity contribution in [1.82, 2.24) is 4.98 Å². The monoisotopic (exact) mass is 287 g/mol. The zero-order chi connectivity index (χ0) is 14.5. The van der Waals surface area contributed by atoms with Gasteiger partial charge in [-0.2, -0.15) is 0 Å². The maximum Gasteiger partial charge on any atom is 0.241 e. The van der Waals surface area contributed by atoms with Crippen molar-refractivity contribution >= 4 is 15.8 Å². The molecule has 3 N–H and O–H groups in total. The van der Waals surface area contributed by atoms with E-state index in [1.165, 1.54) is 12.3 Å². The van der Waals surface area contributed by atoms with Gasteiger partial charge in [-0.05, 0) is 24.0 Å². The fraction of sp³-hybridized carbons (Fsp3) is 0.583. The number of nitrogens with two attached hydrogens (primary N) is 1. The molecule has 0 aliphatic carbocycles.